The number of ketones is 1. The van der Waals surface area contributed by atoms with E-state index in [2.05, 4.69) is 4.98 Å². The molecule has 20 heavy (non-hydrogen) atoms. The summed E-state index contributed by atoms with van der Waals surface area (Å²) >= 11 is 5.95. The molecule has 3 aromatic rings. The van der Waals surface area contributed by atoms with Crippen LogP contribution in [0.25, 0.3) is 10.9 Å². The molecule has 0 unspecified atom stereocenters. The molecule has 0 spiro atoms. The van der Waals surface area contributed by atoms with Crippen LogP contribution >= 0.6 is 11.6 Å². The maximum Gasteiger partial charge on any atom is 0.167 e. The zero-order valence-electron chi connectivity index (χ0n) is 10.7. The van der Waals surface area contributed by atoms with Gasteiger partial charge in [0.2, 0.25) is 0 Å². The van der Waals surface area contributed by atoms with Gasteiger partial charge >= 0.3 is 0 Å². The van der Waals surface area contributed by atoms with E-state index in [1.807, 2.05) is 42.5 Å². The Bertz CT molecular complexity index is 777. The number of hydrogen-bond acceptors (Lipinski definition) is 2. The number of rotatable bonds is 3. The Hall–Kier alpha value is -2.19. The minimum atomic E-state index is 0.0749. The number of para-hydroxylation sites is 1. The van der Waals surface area contributed by atoms with Gasteiger partial charge in [-0.05, 0) is 29.8 Å². The Morgan fingerprint density at radius 1 is 1.05 bits per heavy atom. The average molecular weight is 282 g/mol. The first-order chi connectivity index (χ1) is 9.74. The molecule has 2 aromatic carbocycles. The highest BCUT2D eigenvalue weighted by molar-refractivity contribution is 6.30. The molecule has 98 valence electrons. The van der Waals surface area contributed by atoms with Crippen molar-refractivity contribution in [3.63, 3.8) is 0 Å². The number of carbonyl (C=O) groups is 1. The number of carbonyl (C=O) groups excluding carboxylic acids is 1. The van der Waals surface area contributed by atoms with Gasteiger partial charge < -0.3 is 0 Å². The average Bonchev–Trinajstić information content (AvgIpc) is 2.46. The van der Waals surface area contributed by atoms with Crippen molar-refractivity contribution in [2.75, 3.05) is 0 Å². The van der Waals surface area contributed by atoms with Crippen LogP contribution in [0.2, 0.25) is 5.02 Å². The minimum Gasteiger partial charge on any atom is -0.294 e. The Kier molecular flexibility index (Phi) is 3.48. The van der Waals surface area contributed by atoms with Gasteiger partial charge in [-0.2, -0.15) is 0 Å². The van der Waals surface area contributed by atoms with Gasteiger partial charge in [0.1, 0.15) is 0 Å². The van der Waals surface area contributed by atoms with Gasteiger partial charge in [0.15, 0.2) is 5.78 Å². The summed E-state index contributed by atoms with van der Waals surface area (Å²) in [5, 5.41) is 1.54. The fourth-order valence-corrected chi connectivity index (χ4v) is 2.48. The summed E-state index contributed by atoms with van der Waals surface area (Å²) in [5.74, 6) is 0.0749. The first kappa shape index (κ1) is 12.8. The number of nitrogens with zero attached hydrogens (tertiary/aromatic N) is 1. The molecular formula is C17H12ClNO. The molecule has 0 amide bonds. The summed E-state index contributed by atoms with van der Waals surface area (Å²) in [6.07, 6.45) is 2.02. The standard InChI is InChI=1S/C17H12ClNO/c18-13-5-3-4-12(10-13)11-17(20)15-8-9-19-16-7-2-1-6-14(15)16/h1-10H,11H2. The maximum atomic E-state index is 12.5. The highest BCUT2D eigenvalue weighted by atomic mass is 35.5. The summed E-state index contributed by atoms with van der Waals surface area (Å²) in [6, 6.07) is 16.8. The van der Waals surface area contributed by atoms with E-state index >= 15 is 0 Å². The second-order valence-electron chi connectivity index (χ2n) is 4.61. The van der Waals surface area contributed by atoms with E-state index in [9.17, 15) is 4.79 Å². The van der Waals surface area contributed by atoms with Crippen LogP contribution in [0.5, 0.6) is 0 Å². The van der Waals surface area contributed by atoms with Gasteiger partial charge in [-0.25, -0.2) is 0 Å². The second-order valence-corrected chi connectivity index (χ2v) is 5.04. The highest BCUT2D eigenvalue weighted by Gasteiger charge is 2.11. The predicted molar refractivity (Wildman–Crippen MR) is 81.2 cm³/mol. The number of benzene rings is 2. The van der Waals surface area contributed by atoms with Gasteiger partial charge in [0.05, 0.1) is 5.52 Å². The minimum absolute atomic E-state index is 0.0749. The van der Waals surface area contributed by atoms with Crippen LogP contribution in [0.3, 0.4) is 0 Å². The van der Waals surface area contributed by atoms with Crippen molar-refractivity contribution in [3.8, 4) is 0 Å². The van der Waals surface area contributed by atoms with Crippen molar-refractivity contribution in [1.82, 2.24) is 4.98 Å². The van der Waals surface area contributed by atoms with Crippen molar-refractivity contribution in [3.05, 3.63) is 76.9 Å². The zero-order valence-corrected chi connectivity index (χ0v) is 11.5. The lowest BCUT2D eigenvalue weighted by molar-refractivity contribution is 0.0994. The van der Waals surface area contributed by atoms with Crippen molar-refractivity contribution in [2.45, 2.75) is 6.42 Å². The van der Waals surface area contributed by atoms with Crippen LogP contribution in [0.1, 0.15) is 15.9 Å². The van der Waals surface area contributed by atoms with E-state index in [1.165, 1.54) is 0 Å². The van der Waals surface area contributed by atoms with E-state index in [4.69, 9.17) is 11.6 Å². The molecule has 0 N–H and O–H groups in total. The van der Waals surface area contributed by atoms with E-state index in [1.54, 1.807) is 18.3 Å². The second kappa shape index (κ2) is 5.43. The van der Waals surface area contributed by atoms with Crippen molar-refractivity contribution < 1.29 is 4.79 Å². The Balaban J connectivity index is 1.97. The normalized spacial score (nSPS) is 10.7. The molecule has 0 bridgehead atoms. The molecule has 0 aliphatic carbocycles. The third-order valence-corrected chi connectivity index (χ3v) is 3.44. The lowest BCUT2D eigenvalue weighted by atomic mass is 10.00. The molecule has 1 aromatic heterocycles. The number of pyridine rings is 1. The van der Waals surface area contributed by atoms with Crippen LogP contribution in [-0.4, -0.2) is 10.8 Å². The Labute approximate surface area is 122 Å². The van der Waals surface area contributed by atoms with E-state index in [0.717, 1.165) is 16.5 Å². The fourth-order valence-electron chi connectivity index (χ4n) is 2.27. The first-order valence-electron chi connectivity index (χ1n) is 6.35. The molecule has 0 saturated carbocycles. The van der Waals surface area contributed by atoms with Gasteiger partial charge in [-0.1, -0.05) is 41.9 Å². The van der Waals surface area contributed by atoms with Crippen LogP contribution in [0.15, 0.2) is 60.8 Å². The third kappa shape index (κ3) is 2.56. The molecule has 0 radical (unpaired) electrons. The summed E-state index contributed by atoms with van der Waals surface area (Å²) in [4.78, 5) is 16.7. The molecule has 1 heterocycles. The van der Waals surface area contributed by atoms with Crippen LogP contribution in [-0.2, 0) is 6.42 Å². The summed E-state index contributed by atoms with van der Waals surface area (Å²) < 4.78 is 0. The third-order valence-electron chi connectivity index (χ3n) is 3.20. The van der Waals surface area contributed by atoms with Gasteiger partial charge in [0.25, 0.3) is 0 Å². The molecule has 0 saturated heterocycles. The van der Waals surface area contributed by atoms with Crippen LogP contribution < -0.4 is 0 Å². The lowest BCUT2D eigenvalue weighted by Gasteiger charge is -2.05. The molecule has 0 fully saturated rings. The quantitative estimate of drug-likeness (QED) is 0.670. The number of halogens is 1. The van der Waals surface area contributed by atoms with Gasteiger partial charge in [-0.3, -0.25) is 9.78 Å². The maximum absolute atomic E-state index is 12.5. The van der Waals surface area contributed by atoms with Crippen molar-refractivity contribution in [2.24, 2.45) is 0 Å². The summed E-state index contributed by atoms with van der Waals surface area (Å²) in [6.45, 7) is 0. The Morgan fingerprint density at radius 2 is 1.90 bits per heavy atom. The number of hydrogen-bond donors (Lipinski definition) is 0. The Morgan fingerprint density at radius 3 is 2.75 bits per heavy atom. The predicted octanol–water partition coefficient (Wildman–Crippen LogP) is 4.31. The molecule has 0 atom stereocenters. The topological polar surface area (TPSA) is 30.0 Å². The highest BCUT2D eigenvalue weighted by Crippen LogP contribution is 2.19. The number of aromatic nitrogens is 1. The largest absolute Gasteiger partial charge is 0.294 e. The smallest absolute Gasteiger partial charge is 0.167 e. The number of fused-ring (bicyclic) bond motifs is 1. The zero-order chi connectivity index (χ0) is 13.9. The molecule has 3 rings (SSSR count). The lowest BCUT2D eigenvalue weighted by Crippen LogP contribution is -2.04. The molecule has 3 heteroatoms. The summed E-state index contributed by atoms with van der Waals surface area (Å²) in [5.41, 5.74) is 2.46. The molecule has 2 nitrogen and oxygen atoms in total. The molecule has 0 aliphatic rings. The van der Waals surface area contributed by atoms with E-state index in [-0.39, 0.29) is 5.78 Å². The van der Waals surface area contributed by atoms with Crippen LogP contribution in [0.4, 0.5) is 0 Å². The van der Waals surface area contributed by atoms with E-state index in [0.29, 0.717) is 17.0 Å². The first-order valence-corrected chi connectivity index (χ1v) is 6.73. The number of Topliss-reactive ketones (excluding diaryl/α,β-unsaturated/α-hetero) is 1. The van der Waals surface area contributed by atoms with Gasteiger partial charge in [0, 0.05) is 28.6 Å². The summed E-state index contributed by atoms with van der Waals surface area (Å²) in [7, 11) is 0. The van der Waals surface area contributed by atoms with Crippen LogP contribution in [0, 0.1) is 0 Å². The van der Waals surface area contributed by atoms with Crippen molar-refractivity contribution >= 4 is 28.3 Å². The SMILES string of the molecule is O=C(Cc1cccc(Cl)c1)c1ccnc2ccccc12. The van der Waals surface area contributed by atoms with E-state index < -0.39 is 0 Å². The van der Waals surface area contributed by atoms with Gasteiger partial charge in [-0.15, -0.1) is 0 Å². The monoisotopic (exact) mass is 281 g/mol. The van der Waals surface area contributed by atoms with Crippen molar-refractivity contribution in [1.29, 1.82) is 0 Å². The fraction of sp³-hybridized carbons (Fsp3) is 0.0588. The molecular weight excluding hydrogens is 270 g/mol. The molecule has 0 aliphatic heterocycles.